The zero-order chi connectivity index (χ0) is 30.3. The van der Waals surface area contributed by atoms with E-state index in [1.165, 1.54) is 29.2 Å². The van der Waals surface area contributed by atoms with Gasteiger partial charge in [0.15, 0.2) is 11.5 Å². The summed E-state index contributed by atoms with van der Waals surface area (Å²) < 4.78 is 4.99. The fourth-order valence-corrected chi connectivity index (χ4v) is 6.35. The van der Waals surface area contributed by atoms with E-state index in [9.17, 15) is 10.2 Å². The zero-order valence-electron chi connectivity index (χ0n) is 23.9. The molecule has 0 radical (unpaired) electrons. The molecule has 0 saturated heterocycles. The Bertz CT molecular complexity index is 1520. The number of phenolic OH excluding ortho intramolecular Hbond substituents is 2. The maximum Gasteiger partial charge on any atom is 0.166 e. The first kappa shape index (κ1) is 33.9. The second-order valence-corrected chi connectivity index (χ2v) is 11.3. The first-order valence-corrected chi connectivity index (χ1v) is 14.7. The van der Waals surface area contributed by atoms with Crippen LogP contribution in [0.2, 0.25) is 0 Å². The Morgan fingerprint density at radius 1 is 0.750 bits per heavy atom. The van der Waals surface area contributed by atoms with Crippen LogP contribution in [-0.2, 0) is 23.0 Å². The predicted octanol–water partition coefficient (Wildman–Crippen LogP) is 5.13. The summed E-state index contributed by atoms with van der Waals surface area (Å²) in [5.41, 5.74) is 3.51. The third kappa shape index (κ3) is 10.0. The molecule has 0 aliphatic heterocycles. The van der Waals surface area contributed by atoms with E-state index in [0.717, 1.165) is 5.12 Å². The number of methoxy groups -OCH3 is 1. The molecule has 0 unspecified atom stereocenters. The van der Waals surface area contributed by atoms with Crippen LogP contribution in [-0.4, -0.2) is 28.7 Å². The molecule has 228 valence electrons. The maximum atomic E-state index is 9.87. The Morgan fingerprint density at radius 2 is 1.27 bits per heavy atom. The summed E-state index contributed by atoms with van der Waals surface area (Å²) in [6, 6.07) is 44.1. The molecule has 5 N–H and O–H groups in total. The summed E-state index contributed by atoms with van der Waals surface area (Å²) in [5, 5.41) is 35.6. The molecular weight excluding hydrogens is 618 g/mol. The molecular formula is C33H33N6NiO3P. The van der Waals surface area contributed by atoms with Crippen LogP contribution in [0.4, 0.5) is 0 Å². The molecule has 0 fully saturated rings. The van der Waals surface area contributed by atoms with Crippen molar-refractivity contribution in [3.63, 3.8) is 0 Å². The van der Waals surface area contributed by atoms with Crippen molar-refractivity contribution < 1.29 is 31.4 Å². The molecule has 5 rings (SSSR count). The average Bonchev–Trinajstić information content (AvgIpc) is 3.05. The van der Waals surface area contributed by atoms with Crippen LogP contribution in [0, 0.1) is 0 Å². The SMILES string of the molecule is COc1cccc(C=NN=NNN(N)Cc2ccccc2O)c1O.[Ni].c1ccc(P(c2ccccc2)c2ccccc2)cc1. The summed E-state index contributed by atoms with van der Waals surface area (Å²) in [5.74, 6) is 6.12. The number of para-hydroxylation sites is 2. The van der Waals surface area contributed by atoms with Gasteiger partial charge in [-0.15, -0.1) is 10.2 Å². The molecule has 0 atom stereocenters. The number of hydrogen-bond acceptors (Lipinski definition) is 7. The maximum absolute atomic E-state index is 9.87. The number of rotatable bonds is 10. The minimum absolute atomic E-state index is 0. The van der Waals surface area contributed by atoms with Crippen molar-refractivity contribution >= 4 is 30.0 Å². The number of nitrogens with one attached hydrogen (secondary N) is 1. The van der Waals surface area contributed by atoms with Crippen LogP contribution < -0.4 is 32.0 Å². The van der Waals surface area contributed by atoms with Gasteiger partial charge in [-0.2, -0.15) is 0 Å². The van der Waals surface area contributed by atoms with Crippen molar-refractivity contribution in [1.82, 2.24) is 10.7 Å². The molecule has 5 aromatic carbocycles. The first-order chi connectivity index (χ1) is 21.1. The molecule has 0 saturated carbocycles. The molecule has 0 heterocycles. The van der Waals surface area contributed by atoms with E-state index in [-0.39, 0.29) is 34.5 Å². The number of ether oxygens (including phenoxy) is 1. The van der Waals surface area contributed by atoms with E-state index in [4.69, 9.17) is 10.6 Å². The minimum atomic E-state index is -0.446. The standard InChI is InChI=1S/C18H15P.C15H18N6O3.Ni/c1-4-10-16(11-5-1)19(17-12-6-2-7-13-17)18-14-8-3-9-15-18;1-24-14-8-4-6-11(15(14)23)9-17-18-19-20-21(16)10-12-5-2-3-7-13(12)22;/h1-15H;2-9,22-23H,10,16H2,1H3,(H,18,20);. The summed E-state index contributed by atoms with van der Waals surface area (Å²) in [6.07, 6.45) is 1.33. The molecule has 5 aromatic rings. The molecule has 0 spiro atoms. The van der Waals surface area contributed by atoms with Crippen LogP contribution in [0.25, 0.3) is 0 Å². The van der Waals surface area contributed by atoms with Gasteiger partial charge in [0.2, 0.25) is 0 Å². The summed E-state index contributed by atoms with van der Waals surface area (Å²) >= 11 is 0. The first-order valence-electron chi connectivity index (χ1n) is 13.4. The third-order valence-electron chi connectivity index (χ3n) is 6.09. The van der Waals surface area contributed by atoms with E-state index >= 15 is 0 Å². The zero-order valence-corrected chi connectivity index (χ0v) is 25.8. The largest absolute Gasteiger partial charge is 0.508 e. The molecule has 11 heteroatoms. The van der Waals surface area contributed by atoms with Crippen LogP contribution in [0.3, 0.4) is 0 Å². The van der Waals surface area contributed by atoms with Gasteiger partial charge in [-0.1, -0.05) is 115 Å². The normalized spacial score (nSPS) is 10.8. The molecule has 0 aliphatic rings. The van der Waals surface area contributed by atoms with Crippen LogP contribution >= 0.6 is 7.92 Å². The summed E-state index contributed by atoms with van der Waals surface area (Å²) in [4.78, 5) is 0. The number of nitrogens with two attached hydrogens (primary N) is 1. The Hall–Kier alpha value is -4.59. The van der Waals surface area contributed by atoms with Gasteiger partial charge in [0.05, 0.1) is 19.9 Å². The van der Waals surface area contributed by atoms with Gasteiger partial charge in [0.1, 0.15) is 5.75 Å². The average molecular weight is 651 g/mol. The third-order valence-corrected chi connectivity index (χ3v) is 8.54. The van der Waals surface area contributed by atoms with E-state index in [0.29, 0.717) is 16.9 Å². The van der Waals surface area contributed by atoms with Crippen molar-refractivity contribution in [3.05, 3.63) is 145 Å². The number of aromatic hydroxyl groups is 2. The van der Waals surface area contributed by atoms with Crippen molar-refractivity contribution in [1.29, 1.82) is 0 Å². The van der Waals surface area contributed by atoms with E-state index in [2.05, 4.69) is 112 Å². The quantitative estimate of drug-likeness (QED) is 0.0414. The topological polar surface area (TPSA) is 128 Å². The Morgan fingerprint density at radius 3 is 1.80 bits per heavy atom. The Labute approximate surface area is 268 Å². The van der Waals surface area contributed by atoms with E-state index in [1.807, 2.05) is 0 Å². The van der Waals surface area contributed by atoms with Crippen molar-refractivity contribution in [2.24, 2.45) is 21.4 Å². The van der Waals surface area contributed by atoms with Gasteiger partial charge in [-0.25, -0.2) is 11.4 Å². The molecule has 0 aromatic heterocycles. The fraction of sp³-hybridized carbons (Fsp3) is 0.0606. The number of nitrogens with zero attached hydrogens (tertiary/aromatic N) is 4. The van der Waals surface area contributed by atoms with E-state index < -0.39 is 7.92 Å². The summed E-state index contributed by atoms with van der Waals surface area (Å²) in [6.45, 7) is 0.214. The van der Waals surface area contributed by atoms with Gasteiger partial charge >= 0.3 is 0 Å². The number of hydrogen-bond donors (Lipinski definition) is 4. The van der Waals surface area contributed by atoms with Gasteiger partial charge in [-0.3, -0.25) is 0 Å². The number of benzene rings is 5. The Balaban J connectivity index is 0.000000240. The van der Waals surface area contributed by atoms with Crippen LogP contribution in [0.5, 0.6) is 17.2 Å². The van der Waals surface area contributed by atoms with E-state index in [1.54, 1.807) is 42.5 Å². The van der Waals surface area contributed by atoms with Gasteiger partial charge in [0.25, 0.3) is 0 Å². The molecule has 0 amide bonds. The van der Waals surface area contributed by atoms with Gasteiger partial charge < -0.3 is 14.9 Å². The number of hydrazine groups is 2. The Kier molecular flexibility index (Phi) is 14.0. The van der Waals surface area contributed by atoms with Crippen molar-refractivity contribution in [2.45, 2.75) is 6.54 Å². The second-order valence-electron chi connectivity index (χ2n) is 9.03. The van der Waals surface area contributed by atoms with Gasteiger partial charge in [0, 0.05) is 27.6 Å². The van der Waals surface area contributed by atoms with Crippen molar-refractivity contribution in [2.75, 3.05) is 7.11 Å². The predicted molar refractivity (Wildman–Crippen MR) is 173 cm³/mol. The fourth-order valence-electron chi connectivity index (χ4n) is 4.04. The number of phenols is 2. The molecule has 44 heavy (non-hydrogen) atoms. The second kappa shape index (κ2) is 18.2. The van der Waals surface area contributed by atoms with Gasteiger partial charge in [-0.05, 0) is 52.5 Å². The van der Waals surface area contributed by atoms with Crippen LogP contribution in [0.15, 0.2) is 149 Å². The molecule has 0 bridgehead atoms. The minimum Gasteiger partial charge on any atom is -0.508 e. The summed E-state index contributed by atoms with van der Waals surface area (Å²) in [7, 11) is 1.01. The monoisotopic (exact) mass is 650 g/mol. The molecule has 0 aliphatic carbocycles. The van der Waals surface area contributed by atoms with Crippen molar-refractivity contribution in [3.8, 4) is 17.2 Å². The molecule has 9 nitrogen and oxygen atoms in total. The van der Waals surface area contributed by atoms with Crippen LogP contribution in [0.1, 0.15) is 11.1 Å². The smallest absolute Gasteiger partial charge is 0.166 e.